The normalized spacial score (nSPS) is 19.6. The number of nitrogens with zero attached hydrogens (tertiary/aromatic N) is 2. The first-order valence-electron chi connectivity index (χ1n) is 9.11. The predicted octanol–water partition coefficient (Wildman–Crippen LogP) is 4.40. The van der Waals surface area contributed by atoms with Gasteiger partial charge < -0.3 is 10.1 Å². The van der Waals surface area contributed by atoms with Crippen LogP contribution in [0.5, 0.6) is 6.01 Å². The molecule has 1 aliphatic rings. The number of hydrogen-bond acceptors (Lipinski definition) is 4. The van der Waals surface area contributed by atoms with Crippen molar-refractivity contribution < 1.29 is 9.53 Å². The van der Waals surface area contributed by atoms with Gasteiger partial charge in [-0.15, -0.1) is 0 Å². The SMILES string of the molecule is O=C(NC1CCC(Oc2ncc(Cl)cn2)CC1)c1ccc2ccccc2c1. The standard InChI is InChI=1S/C21H20ClN3O2/c22-17-12-23-21(24-13-17)27-19-9-7-18(8-10-19)25-20(26)16-6-5-14-3-1-2-4-15(14)11-16/h1-6,11-13,18-19H,7-10H2,(H,25,26). The van der Waals surface area contributed by atoms with Crippen LogP contribution in [0, 0.1) is 0 Å². The number of fused-ring (bicyclic) bond motifs is 1. The lowest BCUT2D eigenvalue weighted by Crippen LogP contribution is -2.39. The molecule has 6 heteroatoms. The predicted molar refractivity (Wildman–Crippen MR) is 105 cm³/mol. The third kappa shape index (κ3) is 4.37. The van der Waals surface area contributed by atoms with Gasteiger partial charge in [-0.1, -0.05) is 41.9 Å². The lowest BCUT2D eigenvalue weighted by molar-refractivity contribution is 0.0885. The van der Waals surface area contributed by atoms with E-state index in [9.17, 15) is 4.79 Å². The Hall–Kier alpha value is -2.66. The number of halogens is 1. The van der Waals surface area contributed by atoms with Crippen LogP contribution in [-0.2, 0) is 0 Å². The van der Waals surface area contributed by atoms with Crippen LogP contribution in [-0.4, -0.2) is 28.0 Å². The van der Waals surface area contributed by atoms with E-state index in [1.807, 2.05) is 42.5 Å². The molecule has 5 nitrogen and oxygen atoms in total. The van der Waals surface area contributed by atoms with Gasteiger partial charge in [-0.05, 0) is 48.6 Å². The van der Waals surface area contributed by atoms with Crippen molar-refractivity contribution in [1.82, 2.24) is 15.3 Å². The van der Waals surface area contributed by atoms with E-state index < -0.39 is 0 Å². The van der Waals surface area contributed by atoms with Crippen LogP contribution in [0.3, 0.4) is 0 Å². The molecule has 138 valence electrons. The highest BCUT2D eigenvalue weighted by molar-refractivity contribution is 6.30. The lowest BCUT2D eigenvalue weighted by Gasteiger charge is -2.28. The van der Waals surface area contributed by atoms with Crippen molar-refractivity contribution in [2.45, 2.75) is 37.8 Å². The maximum atomic E-state index is 12.6. The topological polar surface area (TPSA) is 64.1 Å². The summed E-state index contributed by atoms with van der Waals surface area (Å²) in [5.74, 6) is -0.0221. The van der Waals surface area contributed by atoms with Crippen LogP contribution in [0.15, 0.2) is 54.9 Å². The molecule has 1 fully saturated rings. The molecular formula is C21H20ClN3O2. The summed E-state index contributed by atoms with van der Waals surface area (Å²) in [6.07, 6.45) is 6.58. The minimum Gasteiger partial charge on any atom is -0.460 e. The molecule has 0 aliphatic heterocycles. The van der Waals surface area contributed by atoms with E-state index in [4.69, 9.17) is 16.3 Å². The Labute approximate surface area is 162 Å². The van der Waals surface area contributed by atoms with Gasteiger partial charge in [0, 0.05) is 11.6 Å². The van der Waals surface area contributed by atoms with Crippen LogP contribution >= 0.6 is 11.6 Å². The molecule has 0 bridgehead atoms. The van der Waals surface area contributed by atoms with Gasteiger partial charge in [-0.3, -0.25) is 4.79 Å². The molecule has 1 aromatic heterocycles. The van der Waals surface area contributed by atoms with Gasteiger partial charge in [-0.2, -0.15) is 0 Å². The molecular weight excluding hydrogens is 362 g/mol. The molecule has 4 rings (SSSR count). The Morgan fingerprint density at radius 3 is 2.44 bits per heavy atom. The molecule has 0 atom stereocenters. The molecule has 0 radical (unpaired) electrons. The second-order valence-electron chi connectivity index (χ2n) is 6.81. The highest BCUT2D eigenvalue weighted by atomic mass is 35.5. The van der Waals surface area contributed by atoms with Gasteiger partial charge >= 0.3 is 6.01 Å². The third-order valence-corrected chi connectivity index (χ3v) is 5.08. The number of carbonyl (C=O) groups is 1. The van der Waals surface area contributed by atoms with Crippen LogP contribution < -0.4 is 10.1 Å². The van der Waals surface area contributed by atoms with E-state index >= 15 is 0 Å². The van der Waals surface area contributed by atoms with E-state index in [2.05, 4.69) is 15.3 Å². The van der Waals surface area contributed by atoms with Gasteiger partial charge in [0.1, 0.15) is 6.10 Å². The molecule has 27 heavy (non-hydrogen) atoms. The number of nitrogens with one attached hydrogen (secondary N) is 1. The van der Waals surface area contributed by atoms with Crippen molar-refractivity contribution in [1.29, 1.82) is 0 Å². The summed E-state index contributed by atoms with van der Waals surface area (Å²) in [5, 5.41) is 5.85. The summed E-state index contributed by atoms with van der Waals surface area (Å²) in [4.78, 5) is 20.7. The fourth-order valence-electron chi connectivity index (χ4n) is 3.43. The Bertz CT molecular complexity index is 938. The largest absolute Gasteiger partial charge is 0.460 e. The minimum atomic E-state index is -0.0221. The number of hydrogen-bond donors (Lipinski definition) is 1. The van der Waals surface area contributed by atoms with Crippen molar-refractivity contribution in [3.63, 3.8) is 0 Å². The van der Waals surface area contributed by atoms with Crippen LogP contribution in [0.2, 0.25) is 5.02 Å². The van der Waals surface area contributed by atoms with Crippen molar-refractivity contribution in [2.75, 3.05) is 0 Å². The smallest absolute Gasteiger partial charge is 0.316 e. The quantitative estimate of drug-likeness (QED) is 0.727. The van der Waals surface area contributed by atoms with E-state index in [0.717, 1.165) is 36.5 Å². The van der Waals surface area contributed by atoms with Crippen molar-refractivity contribution in [3.05, 3.63) is 65.4 Å². The number of rotatable bonds is 4. The zero-order valence-electron chi connectivity index (χ0n) is 14.8. The summed E-state index contributed by atoms with van der Waals surface area (Å²) in [6, 6.07) is 14.4. The fourth-order valence-corrected chi connectivity index (χ4v) is 3.53. The van der Waals surface area contributed by atoms with E-state index in [1.165, 1.54) is 12.4 Å². The third-order valence-electron chi connectivity index (χ3n) is 4.89. The average Bonchev–Trinajstić information content (AvgIpc) is 2.71. The Morgan fingerprint density at radius 2 is 1.70 bits per heavy atom. The Balaban J connectivity index is 1.31. The first-order valence-corrected chi connectivity index (χ1v) is 9.49. The number of carbonyl (C=O) groups excluding carboxylic acids is 1. The van der Waals surface area contributed by atoms with Gasteiger partial charge in [0.05, 0.1) is 17.4 Å². The minimum absolute atomic E-state index is 0.0221. The fraction of sp³-hybridized carbons (Fsp3) is 0.286. The van der Waals surface area contributed by atoms with E-state index in [1.54, 1.807) is 0 Å². The Morgan fingerprint density at radius 1 is 1.00 bits per heavy atom. The summed E-state index contributed by atoms with van der Waals surface area (Å²) in [5.41, 5.74) is 0.696. The molecule has 1 aliphatic carbocycles. The average molecular weight is 382 g/mol. The lowest BCUT2D eigenvalue weighted by atomic mass is 9.92. The van der Waals surface area contributed by atoms with Gasteiger partial charge in [0.25, 0.3) is 5.91 Å². The van der Waals surface area contributed by atoms with Crippen molar-refractivity contribution >= 4 is 28.3 Å². The first-order chi connectivity index (χ1) is 13.2. The van der Waals surface area contributed by atoms with Crippen molar-refractivity contribution in [2.24, 2.45) is 0 Å². The van der Waals surface area contributed by atoms with Gasteiger partial charge in [-0.25, -0.2) is 9.97 Å². The number of aromatic nitrogens is 2. The summed E-state index contributed by atoms with van der Waals surface area (Å²) in [6.45, 7) is 0. The zero-order chi connectivity index (χ0) is 18.6. The second-order valence-corrected chi connectivity index (χ2v) is 7.25. The van der Waals surface area contributed by atoms with E-state index in [0.29, 0.717) is 16.6 Å². The number of amides is 1. The monoisotopic (exact) mass is 381 g/mol. The van der Waals surface area contributed by atoms with Crippen LogP contribution in [0.25, 0.3) is 10.8 Å². The second kappa shape index (κ2) is 7.92. The highest BCUT2D eigenvalue weighted by Crippen LogP contribution is 2.23. The maximum Gasteiger partial charge on any atom is 0.316 e. The highest BCUT2D eigenvalue weighted by Gasteiger charge is 2.24. The molecule has 1 N–H and O–H groups in total. The maximum absolute atomic E-state index is 12.6. The zero-order valence-corrected chi connectivity index (χ0v) is 15.5. The molecule has 0 saturated heterocycles. The van der Waals surface area contributed by atoms with E-state index in [-0.39, 0.29) is 18.1 Å². The molecule has 1 saturated carbocycles. The summed E-state index contributed by atoms with van der Waals surface area (Å²) in [7, 11) is 0. The Kier molecular flexibility index (Phi) is 5.21. The van der Waals surface area contributed by atoms with Crippen LogP contribution in [0.1, 0.15) is 36.0 Å². The van der Waals surface area contributed by atoms with Gasteiger partial charge in [0.15, 0.2) is 0 Å². The molecule has 0 unspecified atom stereocenters. The van der Waals surface area contributed by atoms with Gasteiger partial charge in [0.2, 0.25) is 0 Å². The number of ether oxygens (including phenoxy) is 1. The summed E-state index contributed by atoms with van der Waals surface area (Å²) < 4.78 is 5.80. The molecule has 2 aromatic carbocycles. The number of benzene rings is 2. The van der Waals surface area contributed by atoms with Crippen LogP contribution in [0.4, 0.5) is 0 Å². The molecule has 1 heterocycles. The summed E-state index contributed by atoms with van der Waals surface area (Å²) >= 11 is 5.78. The molecule has 0 spiro atoms. The molecule has 1 amide bonds. The molecule has 3 aromatic rings. The van der Waals surface area contributed by atoms with Crippen molar-refractivity contribution in [3.8, 4) is 6.01 Å². The first kappa shape index (κ1) is 17.7.